The number of allylic oxidation sites excluding steroid dienone is 3. The van der Waals surface area contributed by atoms with E-state index in [4.69, 9.17) is 28.4 Å². The summed E-state index contributed by atoms with van der Waals surface area (Å²) in [6.45, 7) is 10.4. The van der Waals surface area contributed by atoms with Crippen LogP contribution in [0.2, 0.25) is 0 Å². The van der Waals surface area contributed by atoms with Crippen molar-refractivity contribution in [1.29, 1.82) is 0 Å². The van der Waals surface area contributed by atoms with Crippen LogP contribution < -0.4 is 0 Å². The Bertz CT molecular complexity index is 1410. The summed E-state index contributed by atoms with van der Waals surface area (Å²) in [6.07, 6.45) is -17.9. The number of hydrogen-bond acceptors (Lipinski definition) is 17. The summed E-state index contributed by atoms with van der Waals surface area (Å²) >= 11 is 0. The van der Waals surface area contributed by atoms with E-state index in [1.807, 2.05) is 19.9 Å². The van der Waals surface area contributed by atoms with Crippen LogP contribution in [0.1, 0.15) is 59.8 Å². The van der Waals surface area contributed by atoms with Gasteiger partial charge in [0, 0.05) is 11.8 Å². The number of aliphatic hydroxyl groups excluding tert-OH is 10. The molecule has 0 aromatic carbocycles. The fourth-order valence-electron chi connectivity index (χ4n) is 9.97. The molecule has 314 valence electrons. The summed E-state index contributed by atoms with van der Waals surface area (Å²) in [5.74, 6) is 0.0598. The molecule has 0 radical (unpaired) electrons. The van der Waals surface area contributed by atoms with Crippen molar-refractivity contribution in [3.05, 3.63) is 24.3 Å². The summed E-state index contributed by atoms with van der Waals surface area (Å²) in [7, 11) is 0. The van der Waals surface area contributed by atoms with Gasteiger partial charge in [-0.15, -0.1) is 6.58 Å². The molecular formula is C38H60O17. The Hall–Kier alpha value is -1.49. The molecule has 20 unspecified atom stereocenters. The van der Waals surface area contributed by atoms with Crippen LogP contribution in [0.4, 0.5) is 0 Å². The zero-order chi connectivity index (χ0) is 40.4. The van der Waals surface area contributed by atoms with E-state index in [1.54, 1.807) is 0 Å². The molecule has 0 spiro atoms. The number of carbonyl (C=O) groups is 1. The largest absolute Gasteiger partial charge is 0.394 e. The summed E-state index contributed by atoms with van der Waals surface area (Å²) in [5, 5.41) is 105. The lowest BCUT2D eigenvalue weighted by molar-refractivity contribution is -0.381. The number of Topliss-reactive ketones (excluding diaryl/α,β-unsaturated/α-hetero) is 1. The maximum atomic E-state index is 13.8. The van der Waals surface area contributed by atoms with Crippen molar-refractivity contribution in [3.63, 3.8) is 0 Å². The van der Waals surface area contributed by atoms with Crippen molar-refractivity contribution >= 4 is 5.78 Å². The van der Waals surface area contributed by atoms with Gasteiger partial charge < -0.3 is 79.5 Å². The minimum absolute atomic E-state index is 0.0640. The summed E-state index contributed by atoms with van der Waals surface area (Å²) in [4.78, 5) is 13.8. The lowest BCUT2D eigenvalue weighted by Crippen LogP contribution is -2.66. The van der Waals surface area contributed by atoms with Gasteiger partial charge in [-0.1, -0.05) is 39.8 Å². The van der Waals surface area contributed by atoms with Gasteiger partial charge in [-0.05, 0) is 53.9 Å². The monoisotopic (exact) mass is 788 g/mol. The summed E-state index contributed by atoms with van der Waals surface area (Å²) < 4.78 is 35.2. The normalized spacial score (nSPS) is 51.5. The highest BCUT2D eigenvalue weighted by atomic mass is 16.8. The molecule has 17 nitrogen and oxygen atoms in total. The number of ether oxygens (including phenoxy) is 6. The first-order chi connectivity index (χ1) is 25.8. The maximum absolute atomic E-state index is 13.8. The second-order valence-electron chi connectivity index (χ2n) is 17.4. The topological polar surface area (TPSA) is 275 Å². The van der Waals surface area contributed by atoms with Crippen molar-refractivity contribution in [1.82, 2.24) is 0 Å². The SMILES string of the molecule is C=CC1(C)C=C2C(=O)CC3C(C)(C)C(OC4OC(CO)C(O)C(O)C4OC4OC(COC5OC(CO)C(O)C(O)C5O)C(O)C(O)C4O)CCC3(C)C2CC1. The average Bonchev–Trinajstić information content (AvgIpc) is 3.15. The number of hydrogen-bond donors (Lipinski definition) is 10. The molecule has 55 heavy (non-hydrogen) atoms. The molecule has 0 aromatic heterocycles. The van der Waals surface area contributed by atoms with Crippen molar-refractivity contribution in [3.8, 4) is 0 Å². The highest BCUT2D eigenvalue weighted by molar-refractivity contribution is 5.97. The highest BCUT2D eigenvalue weighted by Crippen LogP contribution is 2.63. The van der Waals surface area contributed by atoms with E-state index >= 15 is 0 Å². The van der Waals surface area contributed by atoms with E-state index in [-0.39, 0.29) is 28.4 Å². The average molecular weight is 789 g/mol. The van der Waals surface area contributed by atoms with Gasteiger partial charge in [0.25, 0.3) is 0 Å². The molecule has 3 aliphatic carbocycles. The highest BCUT2D eigenvalue weighted by Gasteiger charge is 2.61. The van der Waals surface area contributed by atoms with Crippen LogP contribution in [0, 0.1) is 28.1 Å². The van der Waals surface area contributed by atoms with E-state index in [0.717, 1.165) is 18.4 Å². The van der Waals surface area contributed by atoms with Gasteiger partial charge >= 0.3 is 0 Å². The van der Waals surface area contributed by atoms with E-state index in [2.05, 4.69) is 26.5 Å². The fourth-order valence-corrected chi connectivity index (χ4v) is 9.97. The molecule has 0 aromatic rings. The predicted octanol–water partition coefficient (Wildman–Crippen LogP) is -2.24. The Morgan fingerprint density at radius 3 is 1.91 bits per heavy atom. The van der Waals surface area contributed by atoms with E-state index < -0.39 is 123 Å². The molecular weight excluding hydrogens is 728 g/mol. The molecule has 2 saturated carbocycles. The number of ketones is 1. The standard InChI is InChI=1S/C38H60O17/c1-6-37(4)9-7-17-16(12-37)18(41)11-22-36(2,3)23(8-10-38(17,22)5)54-35-32(29(47)25(43)20(14-40)52-35)55-34-31(49)28(46)26(44)21(53-34)15-50-33-30(48)27(45)24(42)19(13-39)51-33/h6,12,17,19-35,39-40,42-49H,1,7-11,13-15H2,2-5H3. The van der Waals surface area contributed by atoms with Gasteiger partial charge in [-0.25, -0.2) is 0 Å². The summed E-state index contributed by atoms with van der Waals surface area (Å²) in [5.41, 5.74) is -0.221. The Morgan fingerprint density at radius 2 is 1.29 bits per heavy atom. The molecule has 3 aliphatic heterocycles. The molecule has 5 fully saturated rings. The van der Waals surface area contributed by atoms with Gasteiger partial charge in [0.05, 0.1) is 25.9 Å². The van der Waals surface area contributed by atoms with Crippen LogP contribution in [-0.4, -0.2) is 175 Å². The number of carbonyl (C=O) groups excluding carboxylic acids is 1. The zero-order valence-electron chi connectivity index (χ0n) is 31.7. The Morgan fingerprint density at radius 1 is 0.727 bits per heavy atom. The van der Waals surface area contributed by atoms with E-state index in [1.165, 1.54) is 0 Å². The van der Waals surface area contributed by atoms with Crippen molar-refractivity contribution in [2.75, 3.05) is 19.8 Å². The molecule has 3 saturated heterocycles. The van der Waals surface area contributed by atoms with Crippen molar-refractivity contribution < 1.29 is 84.3 Å². The molecule has 6 rings (SSSR count). The second kappa shape index (κ2) is 16.3. The van der Waals surface area contributed by atoms with Crippen molar-refractivity contribution in [2.45, 2.75) is 158 Å². The number of aliphatic hydroxyl groups is 10. The third-order valence-electron chi connectivity index (χ3n) is 13.6. The third-order valence-corrected chi connectivity index (χ3v) is 13.6. The van der Waals surface area contributed by atoms with Crippen LogP contribution in [-0.2, 0) is 33.2 Å². The lowest BCUT2D eigenvalue weighted by Gasteiger charge is -2.61. The lowest BCUT2D eigenvalue weighted by atomic mass is 9.44. The van der Waals surface area contributed by atoms with Gasteiger partial charge in [-0.3, -0.25) is 4.79 Å². The van der Waals surface area contributed by atoms with Crippen LogP contribution >= 0.6 is 0 Å². The molecule has 17 heteroatoms. The Labute approximate surface area is 320 Å². The van der Waals surface area contributed by atoms with Gasteiger partial charge in [0.15, 0.2) is 24.7 Å². The molecule has 0 amide bonds. The Balaban J connectivity index is 1.19. The fraction of sp³-hybridized carbons (Fsp3) is 0.868. The van der Waals surface area contributed by atoms with E-state index in [9.17, 15) is 55.9 Å². The van der Waals surface area contributed by atoms with Crippen LogP contribution in [0.5, 0.6) is 0 Å². The number of fused-ring (bicyclic) bond motifs is 3. The zero-order valence-corrected chi connectivity index (χ0v) is 31.7. The van der Waals surface area contributed by atoms with Crippen LogP contribution in [0.25, 0.3) is 0 Å². The second-order valence-corrected chi connectivity index (χ2v) is 17.4. The van der Waals surface area contributed by atoms with Crippen LogP contribution in [0.15, 0.2) is 24.3 Å². The van der Waals surface area contributed by atoms with E-state index in [0.29, 0.717) is 19.3 Å². The predicted molar refractivity (Wildman–Crippen MR) is 187 cm³/mol. The molecule has 10 N–H and O–H groups in total. The van der Waals surface area contributed by atoms with Gasteiger partial charge in [0.1, 0.15) is 73.2 Å². The van der Waals surface area contributed by atoms with Crippen molar-refractivity contribution in [2.24, 2.45) is 28.1 Å². The quantitative estimate of drug-likeness (QED) is 0.0828. The smallest absolute Gasteiger partial charge is 0.187 e. The molecule has 3 heterocycles. The minimum Gasteiger partial charge on any atom is -0.394 e. The third kappa shape index (κ3) is 7.75. The Kier molecular flexibility index (Phi) is 12.8. The van der Waals surface area contributed by atoms with Gasteiger partial charge in [0.2, 0.25) is 0 Å². The maximum Gasteiger partial charge on any atom is 0.187 e. The first-order valence-electron chi connectivity index (χ1n) is 19.3. The molecule has 0 bridgehead atoms. The minimum atomic E-state index is -1.90. The first kappa shape index (κ1) is 43.1. The molecule has 20 atom stereocenters. The number of rotatable bonds is 10. The first-order valence-corrected chi connectivity index (χ1v) is 19.3. The summed E-state index contributed by atoms with van der Waals surface area (Å²) in [6, 6.07) is 0. The van der Waals surface area contributed by atoms with Gasteiger partial charge in [-0.2, -0.15) is 0 Å². The molecule has 6 aliphatic rings. The van der Waals surface area contributed by atoms with Crippen LogP contribution in [0.3, 0.4) is 0 Å².